The molecule has 1 saturated heterocycles. The molecule has 24 heavy (non-hydrogen) atoms. The smallest absolute Gasteiger partial charge is 0.255 e. The Hall–Kier alpha value is -2.17. The Labute approximate surface area is 142 Å². The molecular weight excluding hydrogens is 300 g/mol. The monoisotopic (exact) mass is 324 g/mol. The van der Waals surface area contributed by atoms with Gasteiger partial charge in [-0.15, -0.1) is 0 Å². The molecule has 1 aliphatic heterocycles. The molecule has 126 valence electrons. The Morgan fingerprint density at radius 2 is 2.08 bits per heavy atom. The first-order valence-electron chi connectivity index (χ1n) is 8.99. The van der Waals surface area contributed by atoms with Crippen LogP contribution >= 0.6 is 0 Å². The summed E-state index contributed by atoms with van der Waals surface area (Å²) in [6.45, 7) is 3.19. The number of hydrogen-bond acceptors (Lipinski definition) is 3. The van der Waals surface area contributed by atoms with Crippen LogP contribution in [-0.4, -0.2) is 37.9 Å². The molecule has 1 aliphatic carbocycles. The number of imidazole rings is 1. The number of amides is 1. The van der Waals surface area contributed by atoms with Gasteiger partial charge in [0.05, 0.1) is 5.56 Å². The summed E-state index contributed by atoms with van der Waals surface area (Å²) in [4.78, 5) is 23.7. The van der Waals surface area contributed by atoms with Crippen LogP contribution in [0.3, 0.4) is 0 Å². The number of nitrogens with zero attached hydrogens (tertiary/aromatic N) is 4. The van der Waals surface area contributed by atoms with Gasteiger partial charge in [-0.3, -0.25) is 9.36 Å². The number of carbonyl (C=O) groups is 1. The van der Waals surface area contributed by atoms with Crippen molar-refractivity contribution in [2.45, 2.75) is 45.1 Å². The summed E-state index contributed by atoms with van der Waals surface area (Å²) in [5, 5.41) is 0. The Bertz CT molecular complexity index is 693. The fourth-order valence-corrected chi connectivity index (χ4v) is 4.52. The summed E-state index contributed by atoms with van der Waals surface area (Å²) in [6.07, 6.45) is 13.2. The van der Waals surface area contributed by atoms with Crippen LogP contribution in [0.2, 0.25) is 0 Å². The largest absolute Gasteiger partial charge is 0.335 e. The highest BCUT2D eigenvalue weighted by molar-refractivity contribution is 5.94. The number of carbonyl (C=O) groups excluding carboxylic acids is 1. The molecule has 3 atom stereocenters. The van der Waals surface area contributed by atoms with Gasteiger partial charge >= 0.3 is 0 Å². The lowest BCUT2D eigenvalue weighted by Crippen LogP contribution is -2.53. The Morgan fingerprint density at radius 1 is 1.21 bits per heavy atom. The zero-order valence-corrected chi connectivity index (χ0v) is 14.1. The number of piperidine rings is 1. The van der Waals surface area contributed by atoms with Crippen LogP contribution in [-0.2, 0) is 0 Å². The van der Waals surface area contributed by atoms with Crippen LogP contribution in [0.4, 0.5) is 0 Å². The van der Waals surface area contributed by atoms with Crippen LogP contribution in [0, 0.1) is 11.8 Å². The maximum atomic E-state index is 13.1. The fourth-order valence-electron chi connectivity index (χ4n) is 4.52. The van der Waals surface area contributed by atoms with E-state index >= 15 is 0 Å². The third-order valence-corrected chi connectivity index (χ3v) is 5.66. The Balaban J connectivity index is 1.56. The van der Waals surface area contributed by atoms with Crippen LogP contribution in [0.5, 0.6) is 0 Å². The maximum absolute atomic E-state index is 13.1. The van der Waals surface area contributed by atoms with Gasteiger partial charge in [-0.2, -0.15) is 0 Å². The zero-order valence-electron chi connectivity index (χ0n) is 14.1. The first kappa shape index (κ1) is 15.4. The van der Waals surface area contributed by atoms with Crippen molar-refractivity contribution in [3.8, 4) is 5.82 Å². The van der Waals surface area contributed by atoms with Gasteiger partial charge in [0.2, 0.25) is 0 Å². The fraction of sp³-hybridized carbons (Fsp3) is 0.526. The second-order valence-electron chi connectivity index (χ2n) is 7.17. The molecule has 2 aliphatic rings. The molecule has 2 aromatic heterocycles. The molecule has 3 heterocycles. The lowest BCUT2D eigenvalue weighted by Gasteiger charge is -2.47. The predicted octanol–water partition coefficient (Wildman–Crippen LogP) is 3.31. The molecule has 5 heteroatoms. The highest BCUT2D eigenvalue weighted by atomic mass is 16.2. The van der Waals surface area contributed by atoms with Crippen molar-refractivity contribution >= 4 is 5.91 Å². The van der Waals surface area contributed by atoms with Crippen molar-refractivity contribution in [3.63, 3.8) is 0 Å². The molecule has 1 amide bonds. The van der Waals surface area contributed by atoms with Crippen molar-refractivity contribution in [3.05, 3.63) is 42.6 Å². The van der Waals surface area contributed by atoms with E-state index < -0.39 is 0 Å². The molecule has 0 bridgehead atoms. The predicted molar refractivity (Wildman–Crippen MR) is 91.9 cm³/mol. The summed E-state index contributed by atoms with van der Waals surface area (Å²) in [5.74, 6) is 2.21. The van der Waals surface area contributed by atoms with Crippen molar-refractivity contribution in [1.82, 2.24) is 19.4 Å². The van der Waals surface area contributed by atoms with Crippen molar-refractivity contribution in [2.24, 2.45) is 11.8 Å². The summed E-state index contributed by atoms with van der Waals surface area (Å²) >= 11 is 0. The minimum Gasteiger partial charge on any atom is -0.335 e. The van der Waals surface area contributed by atoms with E-state index in [4.69, 9.17) is 0 Å². The first-order valence-corrected chi connectivity index (χ1v) is 8.99. The second kappa shape index (κ2) is 6.38. The summed E-state index contributed by atoms with van der Waals surface area (Å²) in [5.41, 5.74) is 0.692. The standard InChI is InChI=1S/C19H24N4O/c1-14-4-2-5-15-6-3-10-23(18(14)15)19(24)16-7-8-17(21-12-16)22-11-9-20-13-22/h7-9,11-15,18H,2-6,10H2,1H3/t14-,15+,18+/m1/s1. The molecule has 2 fully saturated rings. The molecule has 1 saturated carbocycles. The average Bonchev–Trinajstić information content (AvgIpc) is 3.16. The molecule has 4 rings (SSSR count). The molecule has 0 aromatic carbocycles. The third kappa shape index (κ3) is 2.72. The van der Waals surface area contributed by atoms with Crippen molar-refractivity contribution < 1.29 is 4.79 Å². The second-order valence-corrected chi connectivity index (χ2v) is 7.17. The SMILES string of the molecule is C[C@@H]1CCC[C@H]2CCCN(C(=O)c3ccc(-n4ccnc4)nc3)[C@H]21. The van der Waals surface area contributed by atoms with E-state index in [1.807, 2.05) is 22.9 Å². The number of rotatable bonds is 2. The molecule has 2 aromatic rings. The van der Waals surface area contributed by atoms with E-state index in [-0.39, 0.29) is 5.91 Å². The number of likely N-dealkylation sites (tertiary alicyclic amines) is 1. The molecule has 0 N–H and O–H groups in total. The zero-order chi connectivity index (χ0) is 16.5. The van der Waals surface area contributed by atoms with E-state index in [9.17, 15) is 4.79 Å². The number of aromatic nitrogens is 3. The van der Waals surface area contributed by atoms with E-state index in [0.29, 0.717) is 23.4 Å². The Morgan fingerprint density at radius 3 is 2.83 bits per heavy atom. The number of pyridine rings is 1. The normalized spacial score (nSPS) is 26.9. The molecule has 0 unspecified atom stereocenters. The van der Waals surface area contributed by atoms with Crippen molar-refractivity contribution in [2.75, 3.05) is 6.54 Å². The molecular formula is C19H24N4O. The van der Waals surface area contributed by atoms with E-state index in [2.05, 4.69) is 21.8 Å². The number of fused-ring (bicyclic) bond motifs is 1. The van der Waals surface area contributed by atoms with Gasteiger partial charge < -0.3 is 4.90 Å². The summed E-state index contributed by atoms with van der Waals surface area (Å²) in [6, 6.07) is 4.19. The highest BCUT2D eigenvalue weighted by Crippen LogP contribution is 2.39. The van der Waals surface area contributed by atoms with Crippen LogP contribution in [0.1, 0.15) is 49.4 Å². The third-order valence-electron chi connectivity index (χ3n) is 5.66. The van der Waals surface area contributed by atoms with Gasteiger partial charge in [0.1, 0.15) is 12.1 Å². The minimum atomic E-state index is 0.142. The Kier molecular flexibility index (Phi) is 4.08. The van der Waals surface area contributed by atoms with Gasteiger partial charge in [0.15, 0.2) is 0 Å². The minimum absolute atomic E-state index is 0.142. The molecule has 0 spiro atoms. The van der Waals surface area contributed by atoms with E-state index in [1.165, 1.54) is 25.7 Å². The van der Waals surface area contributed by atoms with Gasteiger partial charge in [-0.25, -0.2) is 9.97 Å². The van der Waals surface area contributed by atoms with Crippen molar-refractivity contribution in [1.29, 1.82) is 0 Å². The first-order chi connectivity index (χ1) is 11.7. The van der Waals surface area contributed by atoms with Crippen LogP contribution < -0.4 is 0 Å². The van der Waals surface area contributed by atoms with Gasteiger partial charge in [-0.05, 0) is 49.7 Å². The van der Waals surface area contributed by atoms with Crippen LogP contribution in [0.25, 0.3) is 5.82 Å². The van der Waals surface area contributed by atoms with E-state index in [1.54, 1.807) is 18.7 Å². The maximum Gasteiger partial charge on any atom is 0.255 e. The van der Waals surface area contributed by atoms with Gasteiger partial charge in [-0.1, -0.05) is 13.3 Å². The number of hydrogen-bond donors (Lipinski definition) is 0. The van der Waals surface area contributed by atoms with Gasteiger partial charge in [0.25, 0.3) is 5.91 Å². The summed E-state index contributed by atoms with van der Waals surface area (Å²) in [7, 11) is 0. The lowest BCUT2D eigenvalue weighted by atomic mass is 9.73. The lowest BCUT2D eigenvalue weighted by molar-refractivity contribution is 0.0211. The van der Waals surface area contributed by atoms with E-state index in [0.717, 1.165) is 18.8 Å². The van der Waals surface area contributed by atoms with Crippen LogP contribution in [0.15, 0.2) is 37.1 Å². The molecule has 0 radical (unpaired) electrons. The topological polar surface area (TPSA) is 51.0 Å². The quantitative estimate of drug-likeness (QED) is 0.851. The van der Waals surface area contributed by atoms with Gasteiger partial charge in [0, 0.05) is 31.2 Å². The summed E-state index contributed by atoms with van der Waals surface area (Å²) < 4.78 is 1.84. The highest BCUT2D eigenvalue weighted by Gasteiger charge is 2.39. The molecule has 5 nitrogen and oxygen atoms in total. The average molecular weight is 324 g/mol.